The molecule has 0 aliphatic heterocycles. The summed E-state index contributed by atoms with van der Waals surface area (Å²) in [5.41, 5.74) is 1.24. The van der Waals surface area contributed by atoms with Crippen molar-refractivity contribution in [1.82, 2.24) is 9.78 Å². The normalized spacial score (nSPS) is 8.91. The summed E-state index contributed by atoms with van der Waals surface area (Å²) in [7, 11) is 0. The zero-order valence-electron chi connectivity index (χ0n) is 6.96. The molecule has 0 N–H and O–H groups in total. The van der Waals surface area contributed by atoms with E-state index in [0.29, 0.717) is 6.54 Å². The molecule has 0 atom stereocenters. The molecule has 0 aliphatic rings. The van der Waals surface area contributed by atoms with Crippen LogP contribution in [0.15, 0.2) is 12.3 Å². The van der Waals surface area contributed by atoms with Crippen molar-refractivity contribution in [3.63, 3.8) is 0 Å². The number of hydrogen-bond acceptors (Lipinski definition) is 1. The molecule has 1 rings (SSSR count). The minimum absolute atomic E-state index is 0.715. The Hall–Kier alpha value is -1.23. The first-order chi connectivity index (χ1) is 5.38. The maximum atomic E-state index is 4.14. The molecule has 1 aromatic rings. The Balaban J connectivity index is 2.73. The van der Waals surface area contributed by atoms with E-state index in [2.05, 4.69) is 23.9 Å². The van der Waals surface area contributed by atoms with Crippen molar-refractivity contribution in [2.45, 2.75) is 26.8 Å². The van der Waals surface area contributed by atoms with Gasteiger partial charge in [-0.05, 0) is 19.4 Å². The van der Waals surface area contributed by atoms with Crippen LogP contribution in [-0.2, 0) is 13.0 Å². The molecular formula is C9H12N2. The van der Waals surface area contributed by atoms with Gasteiger partial charge in [-0.1, -0.05) is 12.8 Å². The van der Waals surface area contributed by atoms with Gasteiger partial charge in [0.15, 0.2) is 0 Å². The Labute approximate surface area is 67.2 Å². The van der Waals surface area contributed by atoms with E-state index in [1.807, 2.05) is 23.9 Å². The first-order valence-corrected chi connectivity index (χ1v) is 3.78. The van der Waals surface area contributed by atoms with Gasteiger partial charge in [0.1, 0.15) is 6.54 Å². The SMILES string of the molecule is CC#CCn1nccc1CC. The molecule has 11 heavy (non-hydrogen) atoms. The molecule has 0 spiro atoms. The van der Waals surface area contributed by atoms with Gasteiger partial charge in [0, 0.05) is 11.9 Å². The van der Waals surface area contributed by atoms with Crippen LogP contribution < -0.4 is 0 Å². The number of nitrogens with zero attached hydrogens (tertiary/aromatic N) is 2. The smallest absolute Gasteiger partial charge is 0.102 e. The third-order valence-electron chi connectivity index (χ3n) is 1.57. The molecule has 2 nitrogen and oxygen atoms in total. The van der Waals surface area contributed by atoms with E-state index in [4.69, 9.17) is 0 Å². The third kappa shape index (κ3) is 1.84. The van der Waals surface area contributed by atoms with Crippen LogP contribution in [0, 0.1) is 11.8 Å². The van der Waals surface area contributed by atoms with Crippen molar-refractivity contribution in [2.75, 3.05) is 0 Å². The topological polar surface area (TPSA) is 17.8 Å². The van der Waals surface area contributed by atoms with Crippen LogP contribution in [-0.4, -0.2) is 9.78 Å². The van der Waals surface area contributed by atoms with Crippen molar-refractivity contribution < 1.29 is 0 Å². The summed E-state index contributed by atoms with van der Waals surface area (Å²) < 4.78 is 1.93. The number of hydrogen-bond donors (Lipinski definition) is 0. The van der Waals surface area contributed by atoms with Crippen molar-refractivity contribution in [1.29, 1.82) is 0 Å². The zero-order valence-corrected chi connectivity index (χ0v) is 6.96. The summed E-state index contributed by atoms with van der Waals surface area (Å²) in [6.07, 6.45) is 2.83. The minimum atomic E-state index is 0.715. The van der Waals surface area contributed by atoms with Gasteiger partial charge in [-0.15, -0.1) is 5.92 Å². The standard InChI is InChI=1S/C9H12N2/c1-3-5-8-11-9(4-2)6-7-10-11/h6-7H,4,8H2,1-2H3. The molecular weight excluding hydrogens is 136 g/mol. The predicted molar refractivity (Wildman–Crippen MR) is 45.1 cm³/mol. The van der Waals surface area contributed by atoms with Gasteiger partial charge in [0.2, 0.25) is 0 Å². The predicted octanol–water partition coefficient (Wildman–Crippen LogP) is 1.47. The first-order valence-electron chi connectivity index (χ1n) is 3.78. The van der Waals surface area contributed by atoms with Crippen LogP contribution in [0.5, 0.6) is 0 Å². The van der Waals surface area contributed by atoms with Gasteiger partial charge < -0.3 is 0 Å². The Bertz CT molecular complexity index is 275. The second kappa shape index (κ2) is 3.82. The van der Waals surface area contributed by atoms with Crippen LogP contribution in [0.2, 0.25) is 0 Å². The van der Waals surface area contributed by atoms with E-state index in [-0.39, 0.29) is 0 Å². The lowest BCUT2D eigenvalue weighted by molar-refractivity contribution is 0.673. The van der Waals surface area contributed by atoms with E-state index >= 15 is 0 Å². The molecule has 0 saturated carbocycles. The molecule has 0 saturated heterocycles. The van der Waals surface area contributed by atoms with Crippen LogP contribution in [0.3, 0.4) is 0 Å². The van der Waals surface area contributed by atoms with Gasteiger partial charge in [-0.25, -0.2) is 0 Å². The molecule has 0 aromatic carbocycles. The summed E-state index contributed by atoms with van der Waals surface area (Å²) in [5.74, 6) is 5.82. The quantitative estimate of drug-likeness (QED) is 0.581. The second-order valence-electron chi connectivity index (χ2n) is 2.26. The van der Waals surface area contributed by atoms with Crippen molar-refractivity contribution in [2.24, 2.45) is 0 Å². The van der Waals surface area contributed by atoms with Gasteiger partial charge in [-0.2, -0.15) is 5.10 Å². The molecule has 0 fully saturated rings. The average Bonchev–Trinajstić information content (AvgIpc) is 2.47. The van der Waals surface area contributed by atoms with Crippen LogP contribution in [0.25, 0.3) is 0 Å². The molecule has 1 aromatic heterocycles. The molecule has 0 bridgehead atoms. The number of aryl methyl sites for hydroxylation is 1. The molecule has 2 heteroatoms. The van der Waals surface area contributed by atoms with E-state index < -0.39 is 0 Å². The Morgan fingerprint density at radius 2 is 2.45 bits per heavy atom. The summed E-state index contributed by atoms with van der Waals surface area (Å²) in [5, 5.41) is 4.14. The number of aromatic nitrogens is 2. The Morgan fingerprint density at radius 3 is 3.09 bits per heavy atom. The van der Waals surface area contributed by atoms with E-state index in [9.17, 15) is 0 Å². The van der Waals surface area contributed by atoms with Crippen LogP contribution in [0.4, 0.5) is 0 Å². The maximum Gasteiger partial charge on any atom is 0.102 e. The highest BCUT2D eigenvalue weighted by Gasteiger charge is 1.95. The fourth-order valence-corrected chi connectivity index (χ4v) is 0.957. The summed E-state index contributed by atoms with van der Waals surface area (Å²) >= 11 is 0. The fraction of sp³-hybridized carbons (Fsp3) is 0.444. The maximum absolute atomic E-state index is 4.14. The summed E-state index contributed by atoms with van der Waals surface area (Å²) in [6.45, 7) is 4.68. The zero-order chi connectivity index (χ0) is 8.10. The van der Waals surface area contributed by atoms with E-state index in [1.54, 1.807) is 0 Å². The highest BCUT2D eigenvalue weighted by atomic mass is 15.3. The van der Waals surface area contributed by atoms with E-state index in [0.717, 1.165) is 6.42 Å². The summed E-state index contributed by atoms with van der Waals surface area (Å²) in [6, 6.07) is 2.03. The van der Waals surface area contributed by atoms with Crippen molar-refractivity contribution in [3.05, 3.63) is 18.0 Å². The molecule has 0 amide bonds. The molecule has 1 heterocycles. The lowest BCUT2D eigenvalue weighted by Crippen LogP contribution is -2.01. The van der Waals surface area contributed by atoms with Gasteiger partial charge in [-0.3, -0.25) is 4.68 Å². The van der Waals surface area contributed by atoms with Gasteiger partial charge >= 0.3 is 0 Å². The van der Waals surface area contributed by atoms with Crippen LogP contribution >= 0.6 is 0 Å². The minimum Gasteiger partial charge on any atom is -0.258 e. The van der Waals surface area contributed by atoms with Gasteiger partial charge in [0.05, 0.1) is 0 Å². The molecule has 0 radical (unpaired) electrons. The largest absolute Gasteiger partial charge is 0.258 e. The lowest BCUT2D eigenvalue weighted by Gasteiger charge is -1.98. The Morgan fingerprint density at radius 1 is 1.64 bits per heavy atom. The lowest BCUT2D eigenvalue weighted by atomic mass is 10.3. The summed E-state index contributed by atoms with van der Waals surface area (Å²) in [4.78, 5) is 0. The Kier molecular flexibility index (Phi) is 2.74. The van der Waals surface area contributed by atoms with E-state index in [1.165, 1.54) is 5.69 Å². The molecule has 58 valence electrons. The average molecular weight is 148 g/mol. The molecule has 0 unspecified atom stereocenters. The van der Waals surface area contributed by atoms with Crippen LogP contribution in [0.1, 0.15) is 19.5 Å². The highest BCUT2D eigenvalue weighted by Crippen LogP contribution is 1.97. The second-order valence-corrected chi connectivity index (χ2v) is 2.26. The monoisotopic (exact) mass is 148 g/mol. The fourth-order valence-electron chi connectivity index (χ4n) is 0.957. The third-order valence-corrected chi connectivity index (χ3v) is 1.57. The number of rotatable bonds is 2. The first kappa shape index (κ1) is 7.87. The van der Waals surface area contributed by atoms with Crippen molar-refractivity contribution in [3.8, 4) is 11.8 Å². The van der Waals surface area contributed by atoms with Gasteiger partial charge in [0.25, 0.3) is 0 Å². The molecule has 0 aliphatic carbocycles. The highest BCUT2D eigenvalue weighted by molar-refractivity contribution is 5.03. The van der Waals surface area contributed by atoms with Crippen molar-refractivity contribution >= 4 is 0 Å².